The third-order valence-corrected chi connectivity index (χ3v) is 4.86. The lowest BCUT2D eigenvalue weighted by Gasteiger charge is -2.41. The number of amides is 1. The standard InChI is InChI=1S/C14H25N3O2/c1-10-5-8-17(11(2)9-10)13(18)14(12(15)16-19)6-3-4-7-14/h10-11,19H,3-9H2,1-2H3,(H2,15,16). The number of carbonyl (C=O) groups excluding carboxylic acids is 1. The molecule has 0 aromatic heterocycles. The van der Waals surface area contributed by atoms with Crippen LogP contribution in [0.3, 0.4) is 0 Å². The van der Waals surface area contributed by atoms with Gasteiger partial charge in [-0.05, 0) is 38.5 Å². The van der Waals surface area contributed by atoms with Crippen molar-refractivity contribution in [3.63, 3.8) is 0 Å². The van der Waals surface area contributed by atoms with Crippen LogP contribution in [-0.2, 0) is 4.79 Å². The van der Waals surface area contributed by atoms with Crippen LogP contribution in [0.2, 0.25) is 0 Å². The van der Waals surface area contributed by atoms with Gasteiger partial charge in [0.05, 0.1) is 0 Å². The van der Waals surface area contributed by atoms with Gasteiger partial charge in [-0.15, -0.1) is 0 Å². The first kappa shape index (κ1) is 14.2. The van der Waals surface area contributed by atoms with E-state index in [9.17, 15) is 4.79 Å². The summed E-state index contributed by atoms with van der Waals surface area (Å²) in [6.45, 7) is 5.12. The van der Waals surface area contributed by atoms with Crippen molar-refractivity contribution in [3.8, 4) is 0 Å². The summed E-state index contributed by atoms with van der Waals surface area (Å²) in [6, 6.07) is 0.250. The first-order valence-electron chi connectivity index (χ1n) is 7.30. The molecule has 0 aromatic carbocycles. The normalized spacial score (nSPS) is 31.5. The Balaban J connectivity index is 2.21. The van der Waals surface area contributed by atoms with Crippen LogP contribution in [0.25, 0.3) is 0 Å². The minimum atomic E-state index is -0.746. The Morgan fingerprint density at radius 2 is 2.00 bits per heavy atom. The molecule has 2 unspecified atom stereocenters. The topological polar surface area (TPSA) is 78.9 Å². The van der Waals surface area contributed by atoms with Gasteiger partial charge in [0, 0.05) is 12.6 Å². The van der Waals surface area contributed by atoms with Gasteiger partial charge in [0.25, 0.3) is 0 Å². The lowest BCUT2D eigenvalue weighted by atomic mass is 9.81. The molecule has 3 N–H and O–H groups in total. The Bertz CT molecular complexity index is 375. The highest BCUT2D eigenvalue weighted by Crippen LogP contribution is 2.41. The van der Waals surface area contributed by atoms with Crippen LogP contribution in [0, 0.1) is 11.3 Å². The summed E-state index contributed by atoms with van der Waals surface area (Å²) in [5.74, 6) is 0.836. The molecule has 1 saturated carbocycles. The molecule has 19 heavy (non-hydrogen) atoms. The molecule has 2 atom stereocenters. The fraction of sp³-hybridized carbons (Fsp3) is 0.857. The van der Waals surface area contributed by atoms with Crippen LogP contribution in [0.4, 0.5) is 0 Å². The molecule has 0 spiro atoms. The quantitative estimate of drug-likeness (QED) is 0.347. The SMILES string of the molecule is CC1CCN(C(=O)C2(C(N)=NO)CCCC2)C(C)C1. The van der Waals surface area contributed by atoms with Crippen molar-refractivity contribution in [1.29, 1.82) is 0 Å². The summed E-state index contributed by atoms with van der Waals surface area (Å²) in [5.41, 5.74) is 5.10. The maximum absolute atomic E-state index is 12.9. The number of hydrogen-bond acceptors (Lipinski definition) is 3. The second-order valence-electron chi connectivity index (χ2n) is 6.25. The Morgan fingerprint density at radius 1 is 1.37 bits per heavy atom. The van der Waals surface area contributed by atoms with Gasteiger partial charge < -0.3 is 15.8 Å². The van der Waals surface area contributed by atoms with Gasteiger partial charge in [-0.3, -0.25) is 4.79 Å². The summed E-state index contributed by atoms with van der Waals surface area (Å²) in [7, 11) is 0. The number of oxime groups is 1. The zero-order valence-electron chi connectivity index (χ0n) is 11.9. The fourth-order valence-corrected chi connectivity index (χ4v) is 3.64. The Labute approximate surface area is 114 Å². The van der Waals surface area contributed by atoms with Crippen LogP contribution in [0.15, 0.2) is 5.16 Å². The Morgan fingerprint density at radius 3 is 2.53 bits per heavy atom. The molecule has 5 nitrogen and oxygen atoms in total. The molecule has 1 aliphatic carbocycles. The van der Waals surface area contributed by atoms with Crippen molar-refractivity contribution < 1.29 is 10.0 Å². The first-order valence-corrected chi connectivity index (χ1v) is 7.30. The van der Waals surface area contributed by atoms with E-state index in [0.29, 0.717) is 18.8 Å². The number of nitrogens with two attached hydrogens (primary N) is 1. The molecule has 2 fully saturated rings. The maximum Gasteiger partial charge on any atom is 0.236 e. The van der Waals surface area contributed by atoms with Gasteiger partial charge in [0.15, 0.2) is 5.84 Å². The highest BCUT2D eigenvalue weighted by Gasteiger charge is 2.48. The average molecular weight is 267 g/mol. The third kappa shape index (κ3) is 2.42. The van der Waals surface area contributed by atoms with Crippen molar-refractivity contribution in [2.24, 2.45) is 22.2 Å². The number of carbonyl (C=O) groups is 1. The van der Waals surface area contributed by atoms with E-state index in [0.717, 1.165) is 32.2 Å². The molecule has 1 heterocycles. The molecule has 5 heteroatoms. The number of hydrogen-bond donors (Lipinski definition) is 2. The molecule has 0 bridgehead atoms. The van der Waals surface area contributed by atoms with Crippen molar-refractivity contribution in [2.75, 3.05) is 6.54 Å². The highest BCUT2D eigenvalue weighted by atomic mass is 16.4. The molecule has 2 rings (SSSR count). The zero-order valence-corrected chi connectivity index (χ0v) is 11.9. The molecule has 1 amide bonds. The molecular weight excluding hydrogens is 242 g/mol. The second kappa shape index (κ2) is 5.39. The predicted molar refractivity (Wildman–Crippen MR) is 73.9 cm³/mol. The van der Waals surface area contributed by atoms with Crippen molar-refractivity contribution in [1.82, 2.24) is 4.90 Å². The van der Waals surface area contributed by atoms with Crippen LogP contribution in [-0.4, -0.2) is 34.4 Å². The molecule has 2 aliphatic rings. The number of nitrogens with zero attached hydrogens (tertiary/aromatic N) is 2. The third-order valence-electron chi connectivity index (χ3n) is 4.86. The first-order chi connectivity index (χ1) is 9.01. The molecule has 108 valence electrons. The van der Waals surface area contributed by atoms with E-state index >= 15 is 0 Å². The van der Waals surface area contributed by atoms with Crippen LogP contribution < -0.4 is 5.73 Å². The van der Waals surface area contributed by atoms with Gasteiger partial charge in [-0.2, -0.15) is 0 Å². The minimum absolute atomic E-state index is 0.0692. The molecule has 0 radical (unpaired) electrons. The lowest BCUT2D eigenvalue weighted by molar-refractivity contribution is -0.142. The number of likely N-dealkylation sites (tertiary alicyclic amines) is 1. The minimum Gasteiger partial charge on any atom is -0.409 e. The maximum atomic E-state index is 12.9. The Hall–Kier alpha value is -1.26. The fourth-order valence-electron chi connectivity index (χ4n) is 3.64. The van der Waals surface area contributed by atoms with Gasteiger partial charge in [-0.1, -0.05) is 24.9 Å². The van der Waals surface area contributed by atoms with Crippen LogP contribution >= 0.6 is 0 Å². The summed E-state index contributed by atoms with van der Waals surface area (Å²) in [6.07, 6.45) is 5.45. The van der Waals surface area contributed by atoms with Gasteiger partial charge in [0.2, 0.25) is 5.91 Å². The summed E-state index contributed by atoms with van der Waals surface area (Å²) in [5, 5.41) is 12.2. The zero-order chi connectivity index (χ0) is 14.0. The monoisotopic (exact) mass is 267 g/mol. The van der Waals surface area contributed by atoms with Crippen molar-refractivity contribution in [3.05, 3.63) is 0 Å². The van der Waals surface area contributed by atoms with E-state index in [2.05, 4.69) is 19.0 Å². The van der Waals surface area contributed by atoms with E-state index in [1.807, 2.05) is 4.90 Å². The van der Waals surface area contributed by atoms with E-state index in [4.69, 9.17) is 10.9 Å². The van der Waals surface area contributed by atoms with Crippen LogP contribution in [0.5, 0.6) is 0 Å². The summed E-state index contributed by atoms with van der Waals surface area (Å²) in [4.78, 5) is 14.8. The lowest BCUT2D eigenvalue weighted by Crippen LogP contribution is -2.54. The number of rotatable bonds is 2. The molecule has 1 aliphatic heterocycles. The molecule has 0 aromatic rings. The van der Waals surface area contributed by atoms with E-state index in [-0.39, 0.29) is 17.8 Å². The number of amidine groups is 1. The van der Waals surface area contributed by atoms with Gasteiger partial charge in [-0.25, -0.2) is 0 Å². The summed E-state index contributed by atoms with van der Waals surface area (Å²) >= 11 is 0. The molecule has 1 saturated heterocycles. The van der Waals surface area contributed by atoms with Gasteiger partial charge in [0.1, 0.15) is 5.41 Å². The predicted octanol–water partition coefficient (Wildman–Crippen LogP) is 1.94. The van der Waals surface area contributed by atoms with E-state index in [1.54, 1.807) is 0 Å². The average Bonchev–Trinajstić information content (AvgIpc) is 2.87. The van der Waals surface area contributed by atoms with Gasteiger partial charge >= 0.3 is 0 Å². The smallest absolute Gasteiger partial charge is 0.236 e. The van der Waals surface area contributed by atoms with E-state index in [1.165, 1.54) is 0 Å². The van der Waals surface area contributed by atoms with E-state index < -0.39 is 5.41 Å². The van der Waals surface area contributed by atoms with Crippen molar-refractivity contribution in [2.45, 2.75) is 58.4 Å². The largest absolute Gasteiger partial charge is 0.409 e. The highest BCUT2D eigenvalue weighted by molar-refractivity contribution is 6.07. The second-order valence-corrected chi connectivity index (χ2v) is 6.25. The van der Waals surface area contributed by atoms with Crippen molar-refractivity contribution >= 4 is 11.7 Å². The summed E-state index contributed by atoms with van der Waals surface area (Å²) < 4.78 is 0. The number of piperidine rings is 1. The molecular formula is C14H25N3O2. The van der Waals surface area contributed by atoms with Crippen LogP contribution in [0.1, 0.15) is 52.4 Å². The Kier molecular flexibility index (Phi) is 4.02.